The van der Waals surface area contributed by atoms with Crippen molar-refractivity contribution in [2.75, 3.05) is 85.9 Å². The van der Waals surface area contributed by atoms with E-state index in [1.807, 2.05) is 6.92 Å². The molecule has 0 aliphatic carbocycles. The van der Waals surface area contributed by atoms with Crippen LogP contribution in [0, 0.1) is 16.2 Å². The molecule has 0 aliphatic rings. The molecule has 0 saturated heterocycles. The molecule has 115 heavy (non-hydrogen) atoms. The maximum Gasteiger partial charge on any atom is 0.333 e. The minimum Gasteiger partial charge on any atom is -0.478 e. The van der Waals surface area contributed by atoms with Crippen LogP contribution in [0.4, 0.5) is 0 Å². The van der Waals surface area contributed by atoms with E-state index in [1.54, 1.807) is 13.8 Å². The highest BCUT2D eigenvalue weighted by Gasteiger charge is 2.39. The summed E-state index contributed by atoms with van der Waals surface area (Å²) < 4.78 is 50.2. The van der Waals surface area contributed by atoms with Crippen molar-refractivity contribution in [1.29, 1.82) is 0 Å². The van der Waals surface area contributed by atoms with Gasteiger partial charge >= 0.3 is 95.5 Å². The number of hydrogen-bond donors (Lipinski definition) is 9. The van der Waals surface area contributed by atoms with Crippen molar-refractivity contribution in [1.82, 2.24) is 0 Å². The predicted molar refractivity (Wildman–Crippen MR) is 424 cm³/mol. The molecule has 0 atom stereocenters. The Morgan fingerprint density at radius 2 is 0.400 bits per heavy atom. The average Bonchev–Trinajstić information content (AvgIpc) is 0.849. The van der Waals surface area contributed by atoms with Gasteiger partial charge in [-0.15, -0.1) is 0 Å². The topological polar surface area (TPSA) is 547 Å². The van der Waals surface area contributed by atoms with Crippen molar-refractivity contribution in [3.63, 3.8) is 0 Å². The predicted octanol–water partition coefficient (Wildman–Crippen LogP) is 8.83. The molecular weight excluding hydrogens is 1520 g/mol. The number of aliphatic carboxylic acids is 6. The molecule has 0 fully saturated rings. The van der Waals surface area contributed by atoms with E-state index in [0.717, 1.165) is 42.5 Å². The quantitative estimate of drug-likeness (QED) is 0.0119. The van der Waals surface area contributed by atoms with Crippen LogP contribution in [0.15, 0.2) is 198 Å². The van der Waals surface area contributed by atoms with E-state index in [0.29, 0.717) is 43.6 Å². The van der Waals surface area contributed by atoms with Gasteiger partial charge in [0.2, 0.25) is 0 Å². The number of unbranched alkanes of at least 4 members (excludes halogenated alkanes) is 1. The van der Waals surface area contributed by atoms with Crippen LogP contribution in [0.5, 0.6) is 0 Å². The lowest BCUT2D eigenvalue weighted by atomic mass is 9.88. The zero-order chi connectivity index (χ0) is 93.0. The molecular formula is C80H118O35. The van der Waals surface area contributed by atoms with Crippen LogP contribution < -0.4 is 0 Å². The molecule has 0 unspecified atom stereocenters. The molecule has 0 aliphatic heterocycles. The van der Waals surface area contributed by atoms with Crippen molar-refractivity contribution in [2.45, 2.75) is 109 Å². The van der Waals surface area contributed by atoms with Crippen LogP contribution >= 0.6 is 0 Å². The average molecular weight is 1640 g/mol. The van der Waals surface area contributed by atoms with Crippen LogP contribution in [-0.4, -0.2) is 227 Å². The summed E-state index contributed by atoms with van der Waals surface area (Å²) in [4.78, 5) is 171. The van der Waals surface area contributed by atoms with Gasteiger partial charge in [0, 0.05) is 98.1 Å². The van der Waals surface area contributed by atoms with E-state index in [-0.39, 0.29) is 124 Å². The second kappa shape index (κ2) is 77.9. The van der Waals surface area contributed by atoms with Crippen molar-refractivity contribution in [3.05, 3.63) is 198 Å². The molecule has 9 N–H and O–H groups in total. The summed E-state index contributed by atoms with van der Waals surface area (Å²) in [6.45, 7) is 68.7. The van der Waals surface area contributed by atoms with Gasteiger partial charge in [-0.05, 0) is 81.6 Å². The van der Waals surface area contributed by atoms with Crippen LogP contribution in [0.25, 0.3) is 0 Å². The Labute approximate surface area is 671 Å². The molecule has 0 aromatic heterocycles. The first-order chi connectivity index (χ1) is 53.0. The second-order valence-electron chi connectivity index (χ2n) is 23.1. The van der Waals surface area contributed by atoms with Crippen LogP contribution in [0.3, 0.4) is 0 Å². The molecule has 0 radical (unpaired) electrons. The van der Waals surface area contributed by atoms with Gasteiger partial charge in [-0.1, -0.05) is 132 Å². The maximum atomic E-state index is 11.8. The molecule has 648 valence electrons. The van der Waals surface area contributed by atoms with Gasteiger partial charge in [-0.25, -0.2) is 76.7 Å². The first-order valence-electron chi connectivity index (χ1n) is 33.2. The van der Waals surface area contributed by atoms with Crippen LogP contribution in [0.1, 0.15) is 109 Å². The third-order valence-corrected chi connectivity index (χ3v) is 11.3. The molecule has 0 aromatic rings. The number of carboxylic acids is 6. The Bertz CT molecular complexity index is 2920. The molecule has 35 nitrogen and oxygen atoms in total. The molecule has 0 rings (SSSR count). The Morgan fingerprint density at radius 1 is 0.261 bits per heavy atom. The summed E-state index contributed by atoms with van der Waals surface area (Å²) in [6, 6.07) is 0. The normalized spacial score (nSPS) is 9.17. The summed E-state index contributed by atoms with van der Waals surface area (Å²) in [5, 5.41) is 72.5. The fourth-order valence-electron chi connectivity index (χ4n) is 4.27. The lowest BCUT2D eigenvalue weighted by Gasteiger charge is -2.31. The summed E-state index contributed by atoms with van der Waals surface area (Å²) >= 11 is 0. The smallest absolute Gasteiger partial charge is 0.333 e. The van der Waals surface area contributed by atoms with Crippen molar-refractivity contribution in [3.8, 4) is 0 Å². The standard InChI is InChI=1S/C21H28O8.C17H20O8.C12H18O4.C6H14O3.3C4H6O2.3C3H4O2.C3H8/c1-13(2)17(22)26-9-21(10-27-18(23)14(3)4,11-28-19(24)15(5)6)12-29-20(25)16(7)8;1-5-13(18)22-9-17(10-23-14(19)6-2,11-24-15(20)7-3)12-25-16(21)8-4;1-9(2)11(13)15-7-5-6-8-16-12(14)10(3)4;1-2-6(3-7,4-8)5-9;3*1-3(2)4(5)6;3*1-2-3(4)5;1-3-2/h1,3,5,7,9-12H2,2,4,6,8H3;5-8H,1-4,9-12H2;1,3,5-8H2,2,4H3;7-9H,2-5H2,1H3;3*1H2,2H3,(H,5,6);3*2H,1H2,(H,4,5);3H2,1-2H3. The highest BCUT2D eigenvalue weighted by Crippen LogP contribution is 2.25. The number of carbonyl (C=O) groups excluding carboxylic acids is 10. The van der Waals surface area contributed by atoms with Crippen molar-refractivity contribution >= 4 is 95.5 Å². The number of aliphatic hydroxyl groups is 3. The first-order valence-corrected chi connectivity index (χ1v) is 33.2. The number of hydrogen-bond acceptors (Lipinski definition) is 29. The minimum atomic E-state index is -1.37. The fourth-order valence-corrected chi connectivity index (χ4v) is 4.27. The largest absolute Gasteiger partial charge is 0.478 e. The Hall–Kier alpha value is -12.8. The minimum absolute atomic E-state index is 0.135. The summed E-state index contributed by atoms with van der Waals surface area (Å²) in [5.41, 5.74) is -1.54. The van der Waals surface area contributed by atoms with Gasteiger partial charge in [0.1, 0.15) is 63.7 Å². The molecule has 0 heterocycles. The lowest BCUT2D eigenvalue weighted by molar-refractivity contribution is -0.168. The van der Waals surface area contributed by atoms with E-state index in [9.17, 15) is 76.7 Å². The third kappa shape index (κ3) is 88.3. The monoisotopic (exact) mass is 1640 g/mol. The summed E-state index contributed by atoms with van der Waals surface area (Å²) in [7, 11) is 0. The zero-order valence-corrected chi connectivity index (χ0v) is 68.0. The Kier molecular flexibility index (Phi) is 85.3. The number of carbonyl (C=O) groups is 16. The number of ether oxygens (including phenoxy) is 10. The van der Waals surface area contributed by atoms with Gasteiger partial charge < -0.3 is 93.3 Å². The summed E-state index contributed by atoms with van der Waals surface area (Å²) in [5.74, 6) is -12.4. The Morgan fingerprint density at radius 3 is 0.496 bits per heavy atom. The molecule has 0 aromatic carbocycles. The highest BCUT2D eigenvalue weighted by molar-refractivity contribution is 5.90. The highest BCUT2D eigenvalue weighted by atomic mass is 16.6. The molecule has 0 amide bonds. The van der Waals surface area contributed by atoms with Crippen molar-refractivity contribution in [2.24, 2.45) is 16.2 Å². The number of rotatable bonds is 41. The third-order valence-electron chi connectivity index (χ3n) is 11.3. The van der Waals surface area contributed by atoms with E-state index in [4.69, 9.17) is 93.3 Å². The summed E-state index contributed by atoms with van der Waals surface area (Å²) in [6.07, 6.45) is 9.34. The van der Waals surface area contributed by atoms with Crippen LogP contribution in [-0.2, 0) is 124 Å². The lowest BCUT2D eigenvalue weighted by Crippen LogP contribution is -2.44. The number of esters is 10. The van der Waals surface area contributed by atoms with E-state index in [1.165, 1.54) is 54.9 Å². The zero-order valence-electron chi connectivity index (χ0n) is 68.0. The maximum absolute atomic E-state index is 11.8. The van der Waals surface area contributed by atoms with E-state index in [2.05, 4.69) is 119 Å². The molecule has 35 heteroatoms. The second-order valence-corrected chi connectivity index (χ2v) is 23.1. The van der Waals surface area contributed by atoms with Gasteiger partial charge in [0.25, 0.3) is 0 Å². The van der Waals surface area contributed by atoms with Crippen molar-refractivity contribution < 1.29 is 170 Å². The van der Waals surface area contributed by atoms with Crippen LogP contribution in [0.2, 0.25) is 0 Å². The van der Waals surface area contributed by atoms with E-state index >= 15 is 0 Å². The number of aliphatic hydroxyl groups excluding tert-OH is 3. The molecule has 0 bridgehead atoms. The van der Waals surface area contributed by atoms with Gasteiger partial charge in [-0.3, -0.25) is 0 Å². The SMILES string of the molecule is C=C(C)C(=O)O.C=C(C)C(=O)O.C=C(C)C(=O)O.C=C(C)C(=O)OCC(COC(=O)C(=C)C)(COC(=O)C(=C)C)COC(=O)C(=C)C.C=C(C)C(=O)OCCCCOC(=O)C(=C)C.C=CC(=O)O.C=CC(=O)O.C=CC(=O)O.C=CC(=O)OCC(COC(=O)C=C)(COC(=O)C=C)COC(=O)C=C.CCC.CCC(CO)(CO)CO. The molecule has 0 saturated carbocycles. The Balaban J connectivity index is -0.000000125. The molecule has 0 spiro atoms. The fraction of sp³-hybridized carbons (Fsp3) is 0.400. The van der Waals surface area contributed by atoms with Gasteiger partial charge in [0.05, 0.1) is 33.0 Å². The number of carboxylic acid groups (broad SMARTS) is 6. The van der Waals surface area contributed by atoms with E-state index < -0.39 is 99.8 Å². The first kappa shape index (κ1) is 126. The van der Waals surface area contributed by atoms with Gasteiger partial charge in [0.15, 0.2) is 0 Å². The van der Waals surface area contributed by atoms with Gasteiger partial charge in [-0.2, -0.15) is 0 Å².